The maximum absolute atomic E-state index is 13.2. The van der Waals surface area contributed by atoms with Crippen molar-refractivity contribution in [2.75, 3.05) is 7.11 Å². The van der Waals surface area contributed by atoms with Crippen LogP contribution in [0.15, 0.2) is 11.6 Å². The van der Waals surface area contributed by atoms with Crippen molar-refractivity contribution in [3.8, 4) is 0 Å². The van der Waals surface area contributed by atoms with Crippen LogP contribution in [-0.2, 0) is 28.7 Å². The number of carbonyl (C=O) groups excluding carboxylic acids is 4. The lowest BCUT2D eigenvalue weighted by molar-refractivity contribution is -0.164. The van der Waals surface area contributed by atoms with E-state index in [0.717, 1.165) is 0 Å². The number of carbonyl (C=O) groups is 4. The van der Waals surface area contributed by atoms with Gasteiger partial charge < -0.3 is 9.47 Å². The Kier molecular flexibility index (Phi) is 6.79. The summed E-state index contributed by atoms with van der Waals surface area (Å²) in [5, 5.41) is 0. The summed E-state index contributed by atoms with van der Waals surface area (Å²) in [6.07, 6.45) is 1.42. The minimum absolute atomic E-state index is 0.00943. The van der Waals surface area contributed by atoms with Crippen molar-refractivity contribution < 1.29 is 28.7 Å². The summed E-state index contributed by atoms with van der Waals surface area (Å²) in [6.45, 7) is 12.2. The highest BCUT2D eigenvalue weighted by atomic mass is 16.6. The van der Waals surface area contributed by atoms with Crippen molar-refractivity contribution in [3.63, 3.8) is 0 Å². The summed E-state index contributed by atoms with van der Waals surface area (Å²) in [5.41, 5.74) is -2.34. The number of Topliss-reactive ketones (excluding diaryl/α,β-unsaturated/α-hetero) is 1. The number of hydrogen-bond donors (Lipinski definition) is 0. The molecule has 0 saturated heterocycles. The molecule has 27 heavy (non-hydrogen) atoms. The molecule has 0 amide bonds. The first-order chi connectivity index (χ1) is 12.2. The van der Waals surface area contributed by atoms with Crippen molar-refractivity contribution >= 4 is 23.5 Å². The van der Waals surface area contributed by atoms with Gasteiger partial charge in [-0.3, -0.25) is 19.2 Å². The molecule has 0 spiro atoms. The van der Waals surface area contributed by atoms with Gasteiger partial charge in [0.2, 0.25) is 0 Å². The Hall–Kier alpha value is -1.98. The van der Waals surface area contributed by atoms with Gasteiger partial charge in [0.15, 0.2) is 11.6 Å². The number of rotatable bonds is 6. The molecule has 152 valence electrons. The zero-order valence-corrected chi connectivity index (χ0v) is 17.7. The molecule has 0 bridgehead atoms. The quantitative estimate of drug-likeness (QED) is 0.656. The van der Waals surface area contributed by atoms with Gasteiger partial charge in [-0.1, -0.05) is 20.8 Å². The smallest absolute Gasteiger partial charge is 0.306 e. The zero-order valence-electron chi connectivity index (χ0n) is 17.7. The van der Waals surface area contributed by atoms with Crippen LogP contribution < -0.4 is 0 Å². The van der Waals surface area contributed by atoms with Gasteiger partial charge in [-0.15, -0.1) is 0 Å². The van der Waals surface area contributed by atoms with Gasteiger partial charge >= 0.3 is 11.9 Å². The summed E-state index contributed by atoms with van der Waals surface area (Å²) in [6, 6.07) is 0. The summed E-state index contributed by atoms with van der Waals surface area (Å²) in [7, 11) is 1.28. The second-order valence-corrected chi connectivity index (χ2v) is 8.97. The lowest BCUT2D eigenvalue weighted by atomic mass is 9.51. The number of hydrogen-bond acceptors (Lipinski definition) is 6. The van der Waals surface area contributed by atoms with Crippen LogP contribution >= 0.6 is 0 Å². The van der Waals surface area contributed by atoms with Crippen molar-refractivity contribution in [2.24, 2.45) is 16.7 Å². The van der Waals surface area contributed by atoms with Crippen LogP contribution in [-0.4, -0.2) is 36.2 Å². The van der Waals surface area contributed by atoms with Crippen LogP contribution in [0.1, 0.15) is 67.7 Å². The first kappa shape index (κ1) is 23.1. The van der Waals surface area contributed by atoms with E-state index in [4.69, 9.17) is 9.47 Å². The first-order valence-electron chi connectivity index (χ1n) is 9.23. The molecule has 1 aliphatic rings. The third kappa shape index (κ3) is 4.85. The second kappa shape index (κ2) is 7.95. The molecule has 0 aromatic rings. The standard InChI is InChI=1S/C21H32O6/c1-13-11-15(22)21(14(2)18(13)25,10-9-16(23)26-8)20(6,7)12-17(24)27-19(3,4)5/h11,14H,9-10,12H2,1-8H3. The predicted octanol–water partition coefficient (Wildman–Crippen LogP) is 3.42. The topological polar surface area (TPSA) is 86.7 Å². The van der Waals surface area contributed by atoms with Gasteiger partial charge in [-0.2, -0.15) is 0 Å². The maximum atomic E-state index is 13.2. The molecule has 0 radical (unpaired) electrons. The fraction of sp³-hybridized carbons (Fsp3) is 0.714. The number of allylic oxidation sites excluding steroid dienone is 2. The van der Waals surface area contributed by atoms with E-state index in [9.17, 15) is 19.2 Å². The molecule has 0 N–H and O–H groups in total. The normalized spacial score (nSPS) is 23.7. The van der Waals surface area contributed by atoms with Crippen molar-refractivity contribution in [2.45, 2.75) is 73.3 Å². The molecule has 0 aromatic carbocycles. The van der Waals surface area contributed by atoms with Crippen molar-refractivity contribution in [3.05, 3.63) is 11.6 Å². The lowest BCUT2D eigenvalue weighted by Crippen LogP contribution is -2.54. The van der Waals surface area contributed by atoms with E-state index in [1.807, 2.05) is 0 Å². The molecular formula is C21H32O6. The summed E-state index contributed by atoms with van der Waals surface area (Å²) < 4.78 is 10.2. The largest absolute Gasteiger partial charge is 0.469 e. The second-order valence-electron chi connectivity index (χ2n) is 8.97. The highest BCUT2D eigenvalue weighted by Gasteiger charge is 2.58. The Labute approximate surface area is 161 Å². The monoisotopic (exact) mass is 380 g/mol. The molecule has 0 saturated carbocycles. The Bertz CT molecular complexity index is 665. The fourth-order valence-electron chi connectivity index (χ4n) is 4.07. The van der Waals surface area contributed by atoms with E-state index < -0.39 is 34.3 Å². The average Bonchev–Trinajstić information content (AvgIpc) is 2.49. The predicted molar refractivity (Wildman–Crippen MR) is 101 cm³/mol. The molecule has 0 aliphatic heterocycles. The number of methoxy groups -OCH3 is 1. The molecule has 0 heterocycles. The molecule has 1 aliphatic carbocycles. The van der Waals surface area contributed by atoms with E-state index in [-0.39, 0.29) is 30.8 Å². The Morgan fingerprint density at radius 3 is 2.15 bits per heavy atom. The summed E-state index contributed by atoms with van der Waals surface area (Å²) >= 11 is 0. The Morgan fingerprint density at radius 2 is 1.67 bits per heavy atom. The minimum Gasteiger partial charge on any atom is -0.469 e. The van der Waals surface area contributed by atoms with Crippen LogP contribution in [0.3, 0.4) is 0 Å². The average molecular weight is 380 g/mol. The molecular weight excluding hydrogens is 348 g/mol. The third-order valence-electron chi connectivity index (χ3n) is 5.47. The van der Waals surface area contributed by atoms with Gasteiger partial charge in [0.1, 0.15) is 5.60 Å². The highest BCUT2D eigenvalue weighted by molar-refractivity contribution is 6.12. The van der Waals surface area contributed by atoms with Gasteiger partial charge in [0, 0.05) is 17.8 Å². The molecule has 0 aromatic heterocycles. The van der Waals surface area contributed by atoms with Crippen LogP contribution in [0.4, 0.5) is 0 Å². The number of esters is 2. The Balaban J connectivity index is 3.36. The maximum Gasteiger partial charge on any atom is 0.306 e. The first-order valence-corrected chi connectivity index (χ1v) is 9.23. The third-order valence-corrected chi connectivity index (χ3v) is 5.47. The van der Waals surface area contributed by atoms with Gasteiger partial charge in [0.25, 0.3) is 0 Å². The lowest BCUT2D eigenvalue weighted by Gasteiger charge is -2.50. The zero-order chi connectivity index (χ0) is 21.2. The van der Waals surface area contributed by atoms with Gasteiger partial charge in [-0.25, -0.2) is 0 Å². The van der Waals surface area contributed by atoms with Crippen molar-refractivity contribution in [1.82, 2.24) is 0 Å². The van der Waals surface area contributed by atoms with Gasteiger partial charge in [0.05, 0.1) is 13.5 Å². The minimum atomic E-state index is -1.19. The summed E-state index contributed by atoms with van der Waals surface area (Å²) in [4.78, 5) is 50.1. The molecule has 6 nitrogen and oxygen atoms in total. The molecule has 0 fully saturated rings. The van der Waals surface area contributed by atoms with E-state index in [0.29, 0.717) is 5.57 Å². The van der Waals surface area contributed by atoms with Gasteiger partial charge in [-0.05, 0) is 51.2 Å². The van der Waals surface area contributed by atoms with Crippen molar-refractivity contribution in [1.29, 1.82) is 0 Å². The highest BCUT2D eigenvalue weighted by Crippen LogP contribution is 2.54. The molecule has 2 atom stereocenters. The van der Waals surface area contributed by atoms with E-state index >= 15 is 0 Å². The van der Waals surface area contributed by atoms with E-state index in [1.54, 1.807) is 48.5 Å². The Morgan fingerprint density at radius 1 is 1.11 bits per heavy atom. The number of ether oxygens (including phenoxy) is 2. The molecule has 1 rings (SSSR count). The van der Waals surface area contributed by atoms with E-state index in [2.05, 4.69) is 0 Å². The van der Waals surface area contributed by atoms with Crippen LogP contribution in [0, 0.1) is 16.7 Å². The fourth-order valence-corrected chi connectivity index (χ4v) is 4.07. The van der Waals surface area contributed by atoms with E-state index in [1.165, 1.54) is 13.2 Å². The van der Waals surface area contributed by atoms with Crippen LogP contribution in [0.5, 0.6) is 0 Å². The SMILES string of the molecule is COC(=O)CCC1(C(C)(C)CC(=O)OC(C)(C)C)C(=O)C=C(C)C(=O)C1C. The van der Waals surface area contributed by atoms with Crippen LogP contribution in [0.25, 0.3) is 0 Å². The summed E-state index contributed by atoms with van der Waals surface area (Å²) in [5.74, 6) is -1.93. The molecule has 2 unspecified atom stereocenters. The van der Waals surface area contributed by atoms with Crippen LogP contribution in [0.2, 0.25) is 0 Å². The number of ketones is 2. The molecule has 6 heteroatoms.